The van der Waals surface area contributed by atoms with Gasteiger partial charge in [-0.25, -0.2) is 4.39 Å². The maximum Gasteiger partial charge on any atom is 0.145 e. The Morgan fingerprint density at radius 1 is 1.26 bits per heavy atom. The molecule has 3 heteroatoms. The molecule has 1 saturated carbocycles. The van der Waals surface area contributed by atoms with Crippen LogP contribution in [0.3, 0.4) is 0 Å². The number of hydrogen-bond donors (Lipinski definition) is 1. The number of nitrogens with one attached hydrogen (secondary N) is 1. The third-order valence-electron chi connectivity index (χ3n) is 4.57. The Hall–Kier alpha value is -1.25. The molecule has 19 heavy (non-hydrogen) atoms. The van der Waals surface area contributed by atoms with Gasteiger partial charge in [0.1, 0.15) is 17.7 Å². The van der Waals surface area contributed by atoms with Crippen molar-refractivity contribution in [3.8, 4) is 5.75 Å². The first-order chi connectivity index (χ1) is 8.93. The molecule has 1 aliphatic heterocycles. The lowest BCUT2D eigenvalue weighted by Gasteiger charge is -2.44. The molecule has 104 valence electrons. The standard InChI is InChI=1S/C16H22FNO/c1-16(2,3)10-4-7-14-13(8-10)18-12-6-5-11(17)9-15(12)19-14/h5-6,9-10,13-14,18H,4,7-8H2,1-3H3. The molecule has 3 atom stereocenters. The Morgan fingerprint density at radius 2 is 2.05 bits per heavy atom. The summed E-state index contributed by atoms with van der Waals surface area (Å²) < 4.78 is 19.2. The number of fused-ring (bicyclic) bond motifs is 2. The number of ether oxygens (including phenoxy) is 1. The van der Waals surface area contributed by atoms with Gasteiger partial charge in [0.15, 0.2) is 0 Å². The zero-order valence-electron chi connectivity index (χ0n) is 11.9. The van der Waals surface area contributed by atoms with Crippen LogP contribution >= 0.6 is 0 Å². The average molecular weight is 263 g/mol. The highest BCUT2D eigenvalue weighted by atomic mass is 19.1. The van der Waals surface area contributed by atoms with E-state index in [0.29, 0.717) is 23.1 Å². The van der Waals surface area contributed by atoms with E-state index in [1.165, 1.54) is 18.6 Å². The molecule has 2 aliphatic rings. The third kappa shape index (κ3) is 2.43. The Labute approximate surface area is 114 Å². The highest BCUT2D eigenvalue weighted by Crippen LogP contribution is 2.43. The van der Waals surface area contributed by atoms with E-state index >= 15 is 0 Å². The number of rotatable bonds is 0. The monoisotopic (exact) mass is 263 g/mol. The van der Waals surface area contributed by atoms with Gasteiger partial charge in [0.05, 0.1) is 11.7 Å². The summed E-state index contributed by atoms with van der Waals surface area (Å²) in [6.45, 7) is 6.93. The van der Waals surface area contributed by atoms with E-state index in [1.807, 2.05) is 0 Å². The predicted molar refractivity (Wildman–Crippen MR) is 75.0 cm³/mol. The minimum Gasteiger partial charge on any atom is -0.486 e. The molecule has 1 fully saturated rings. The van der Waals surface area contributed by atoms with Crippen molar-refractivity contribution < 1.29 is 9.13 Å². The molecule has 0 spiro atoms. The highest BCUT2D eigenvalue weighted by Gasteiger charge is 2.39. The summed E-state index contributed by atoms with van der Waals surface area (Å²) in [6, 6.07) is 5.10. The van der Waals surface area contributed by atoms with Gasteiger partial charge in [0, 0.05) is 6.07 Å². The average Bonchev–Trinajstić information content (AvgIpc) is 2.34. The van der Waals surface area contributed by atoms with E-state index in [1.54, 1.807) is 6.07 Å². The molecule has 0 saturated heterocycles. The Kier molecular flexibility index (Phi) is 2.95. The fraction of sp³-hybridized carbons (Fsp3) is 0.625. The number of anilines is 1. The van der Waals surface area contributed by atoms with Gasteiger partial charge < -0.3 is 10.1 Å². The molecule has 1 aliphatic carbocycles. The van der Waals surface area contributed by atoms with Crippen molar-refractivity contribution in [1.29, 1.82) is 0 Å². The summed E-state index contributed by atoms with van der Waals surface area (Å²) in [5.74, 6) is 1.14. The van der Waals surface area contributed by atoms with Gasteiger partial charge in [-0.3, -0.25) is 0 Å². The van der Waals surface area contributed by atoms with E-state index in [2.05, 4.69) is 26.1 Å². The van der Waals surface area contributed by atoms with Gasteiger partial charge in [-0.2, -0.15) is 0 Å². The molecule has 0 bridgehead atoms. The molecular formula is C16H22FNO. The minimum atomic E-state index is -0.234. The second-order valence-corrected chi connectivity index (χ2v) is 6.92. The smallest absolute Gasteiger partial charge is 0.145 e. The van der Waals surface area contributed by atoms with Crippen LogP contribution in [0.15, 0.2) is 18.2 Å². The molecular weight excluding hydrogens is 241 g/mol. The van der Waals surface area contributed by atoms with Crippen LogP contribution in [0.5, 0.6) is 5.75 Å². The first-order valence-corrected chi connectivity index (χ1v) is 7.16. The molecule has 0 amide bonds. The van der Waals surface area contributed by atoms with Crippen LogP contribution in [0.1, 0.15) is 40.0 Å². The summed E-state index contributed by atoms with van der Waals surface area (Å²) in [5, 5.41) is 3.54. The Morgan fingerprint density at radius 3 is 2.79 bits per heavy atom. The van der Waals surface area contributed by atoms with Crippen molar-refractivity contribution in [1.82, 2.24) is 0 Å². The van der Waals surface area contributed by atoms with Crippen LogP contribution < -0.4 is 10.1 Å². The number of benzene rings is 1. The summed E-state index contributed by atoms with van der Waals surface area (Å²) >= 11 is 0. The molecule has 2 nitrogen and oxygen atoms in total. The van der Waals surface area contributed by atoms with Gasteiger partial charge in [-0.05, 0) is 42.7 Å². The summed E-state index contributed by atoms with van der Waals surface area (Å²) in [6.07, 6.45) is 3.56. The first kappa shape index (κ1) is 12.8. The third-order valence-corrected chi connectivity index (χ3v) is 4.57. The fourth-order valence-corrected chi connectivity index (χ4v) is 3.30. The molecule has 0 radical (unpaired) electrons. The number of hydrogen-bond acceptors (Lipinski definition) is 2. The van der Waals surface area contributed by atoms with Gasteiger partial charge in [0.25, 0.3) is 0 Å². The van der Waals surface area contributed by atoms with Crippen LogP contribution in [0.4, 0.5) is 10.1 Å². The van der Waals surface area contributed by atoms with E-state index in [0.717, 1.165) is 18.5 Å². The molecule has 3 rings (SSSR count). The Bertz CT molecular complexity index is 480. The quantitative estimate of drug-likeness (QED) is 0.757. The first-order valence-electron chi connectivity index (χ1n) is 7.16. The van der Waals surface area contributed by atoms with Gasteiger partial charge in [0.2, 0.25) is 0 Å². The van der Waals surface area contributed by atoms with Crippen LogP contribution in [0.25, 0.3) is 0 Å². The van der Waals surface area contributed by atoms with Gasteiger partial charge >= 0.3 is 0 Å². The maximum atomic E-state index is 13.2. The molecule has 3 unspecified atom stereocenters. The summed E-state index contributed by atoms with van der Waals surface area (Å²) in [5.41, 5.74) is 1.27. The minimum absolute atomic E-state index is 0.188. The van der Waals surface area contributed by atoms with Gasteiger partial charge in [-0.15, -0.1) is 0 Å². The van der Waals surface area contributed by atoms with Crippen molar-refractivity contribution in [3.63, 3.8) is 0 Å². The normalized spacial score (nSPS) is 29.8. The molecule has 1 aromatic rings. The zero-order valence-corrected chi connectivity index (χ0v) is 11.9. The van der Waals surface area contributed by atoms with Crippen molar-refractivity contribution in [2.75, 3.05) is 5.32 Å². The van der Waals surface area contributed by atoms with E-state index in [-0.39, 0.29) is 11.9 Å². The second-order valence-electron chi connectivity index (χ2n) is 6.92. The molecule has 0 aromatic heterocycles. The van der Waals surface area contributed by atoms with Gasteiger partial charge in [-0.1, -0.05) is 20.8 Å². The molecule has 1 heterocycles. The number of halogens is 1. The maximum absolute atomic E-state index is 13.2. The predicted octanol–water partition coefficient (Wildman–Crippen LogP) is 4.21. The zero-order chi connectivity index (χ0) is 13.6. The highest BCUT2D eigenvalue weighted by molar-refractivity contribution is 5.59. The lowest BCUT2D eigenvalue weighted by atomic mass is 9.70. The van der Waals surface area contributed by atoms with E-state index in [4.69, 9.17) is 4.74 Å². The van der Waals surface area contributed by atoms with Crippen molar-refractivity contribution in [2.24, 2.45) is 11.3 Å². The van der Waals surface area contributed by atoms with Crippen LogP contribution in [-0.2, 0) is 0 Å². The lowest BCUT2D eigenvalue weighted by molar-refractivity contribution is 0.0697. The lowest BCUT2D eigenvalue weighted by Crippen LogP contribution is -2.47. The topological polar surface area (TPSA) is 21.3 Å². The van der Waals surface area contributed by atoms with Crippen molar-refractivity contribution in [3.05, 3.63) is 24.0 Å². The largest absolute Gasteiger partial charge is 0.486 e. The second kappa shape index (κ2) is 4.39. The molecule has 1 N–H and O–H groups in total. The van der Waals surface area contributed by atoms with Crippen LogP contribution in [0, 0.1) is 17.2 Å². The summed E-state index contributed by atoms with van der Waals surface area (Å²) in [4.78, 5) is 0. The van der Waals surface area contributed by atoms with Crippen molar-refractivity contribution >= 4 is 5.69 Å². The van der Waals surface area contributed by atoms with Crippen LogP contribution in [0.2, 0.25) is 0 Å². The van der Waals surface area contributed by atoms with Crippen molar-refractivity contribution in [2.45, 2.75) is 52.2 Å². The summed E-state index contributed by atoms with van der Waals surface area (Å²) in [7, 11) is 0. The van der Waals surface area contributed by atoms with Crippen LogP contribution in [-0.4, -0.2) is 12.1 Å². The van der Waals surface area contributed by atoms with E-state index < -0.39 is 0 Å². The SMILES string of the molecule is CC(C)(C)C1CCC2Oc3cc(F)ccc3NC2C1. The molecule has 1 aromatic carbocycles. The van der Waals surface area contributed by atoms with E-state index in [9.17, 15) is 4.39 Å². The Balaban J connectivity index is 1.80. The fourth-order valence-electron chi connectivity index (χ4n) is 3.30.